The molecular weight excluding hydrogens is 264 g/mol. The molecule has 2 aliphatic rings. The highest BCUT2D eigenvalue weighted by Crippen LogP contribution is 2.36. The highest BCUT2D eigenvalue weighted by atomic mass is 16.5. The average Bonchev–Trinajstić information content (AvgIpc) is 2.88. The Morgan fingerprint density at radius 2 is 1.76 bits per heavy atom. The second-order valence-corrected chi connectivity index (χ2v) is 5.62. The topological polar surface area (TPSA) is 56.8 Å². The van der Waals surface area contributed by atoms with Gasteiger partial charge in [0, 0.05) is 6.42 Å². The van der Waals surface area contributed by atoms with E-state index in [1.807, 2.05) is 24.3 Å². The minimum atomic E-state index is -0.355. The molecule has 4 rings (SSSR count). The minimum Gasteiger partial charge on any atom is -0.491 e. The summed E-state index contributed by atoms with van der Waals surface area (Å²) in [7, 11) is 0. The molecule has 0 radical (unpaired) electrons. The van der Waals surface area contributed by atoms with Crippen LogP contribution in [0.3, 0.4) is 0 Å². The number of nitrogens with two attached hydrogens (primary N) is 1. The molecule has 0 amide bonds. The molecule has 106 valence electrons. The molecule has 0 saturated heterocycles. The standard InChI is InChI=1S/C17H16N2O2/c18-16-19-17(11-21-16)9-14-8-13(6-7-15(14)20-10-17)12-4-2-1-3-5-12/h1-8H,9-11H2,(H2,18,19). The van der Waals surface area contributed by atoms with E-state index in [2.05, 4.69) is 29.3 Å². The molecule has 1 unspecified atom stereocenters. The second-order valence-electron chi connectivity index (χ2n) is 5.62. The molecule has 0 aliphatic carbocycles. The Morgan fingerprint density at radius 3 is 2.52 bits per heavy atom. The van der Waals surface area contributed by atoms with E-state index in [1.165, 1.54) is 11.1 Å². The molecule has 4 nitrogen and oxygen atoms in total. The van der Waals surface area contributed by atoms with Gasteiger partial charge >= 0.3 is 0 Å². The summed E-state index contributed by atoms with van der Waals surface area (Å²) in [4.78, 5) is 4.43. The van der Waals surface area contributed by atoms with E-state index < -0.39 is 0 Å². The Kier molecular flexibility index (Phi) is 2.64. The van der Waals surface area contributed by atoms with Crippen molar-refractivity contribution in [2.45, 2.75) is 12.0 Å². The van der Waals surface area contributed by atoms with E-state index >= 15 is 0 Å². The van der Waals surface area contributed by atoms with Gasteiger partial charge in [-0.15, -0.1) is 0 Å². The number of fused-ring (bicyclic) bond motifs is 1. The molecular formula is C17H16N2O2. The van der Waals surface area contributed by atoms with Gasteiger partial charge in [-0.3, -0.25) is 0 Å². The molecule has 0 aromatic heterocycles. The van der Waals surface area contributed by atoms with E-state index in [0.717, 1.165) is 17.7 Å². The number of nitrogens with zero attached hydrogens (tertiary/aromatic N) is 1. The van der Waals surface area contributed by atoms with Gasteiger partial charge in [-0.1, -0.05) is 36.4 Å². The van der Waals surface area contributed by atoms with Crippen LogP contribution in [0.2, 0.25) is 0 Å². The fourth-order valence-corrected chi connectivity index (χ4v) is 2.96. The first-order valence-corrected chi connectivity index (χ1v) is 7.03. The smallest absolute Gasteiger partial charge is 0.282 e. The first-order chi connectivity index (χ1) is 10.2. The summed E-state index contributed by atoms with van der Waals surface area (Å²) in [6.07, 6.45) is 0.795. The fraction of sp³-hybridized carbons (Fsp3) is 0.235. The SMILES string of the molecule is NC1=NC2(CO1)COc1ccc(-c3ccccc3)cc1C2. The Balaban J connectivity index is 1.71. The maximum Gasteiger partial charge on any atom is 0.282 e. The number of rotatable bonds is 1. The third-order valence-corrected chi connectivity index (χ3v) is 4.02. The number of hydrogen-bond donors (Lipinski definition) is 1. The van der Waals surface area contributed by atoms with Crippen molar-refractivity contribution in [2.24, 2.45) is 10.7 Å². The molecule has 0 fully saturated rings. The van der Waals surface area contributed by atoms with Crippen molar-refractivity contribution in [3.8, 4) is 16.9 Å². The summed E-state index contributed by atoms with van der Waals surface area (Å²) < 4.78 is 11.2. The van der Waals surface area contributed by atoms with Crippen LogP contribution < -0.4 is 10.5 Å². The van der Waals surface area contributed by atoms with Crippen LogP contribution >= 0.6 is 0 Å². The van der Waals surface area contributed by atoms with Crippen molar-refractivity contribution < 1.29 is 9.47 Å². The number of amidine groups is 1. The van der Waals surface area contributed by atoms with Crippen molar-refractivity contribution in [2.75, 3.05) is 13.2 Å². The Hall–Kier alpha value is -2.49. The normalized spacial score (nSPS) is 23.1. The van der Waals surface area contributed by atoms with Gasteiger partial charge in [0.1, 0.15) is 24.5 Å². The molecule has 2 aliphatic heterocycles. The lowest BCUT2D eigenvalue weighted by molar-refractivity contribution is 0.153. The zero-order valence-corrected chi connectivity index (χ0v) is 11.6. The Labute approximate surface area is 123 Å². The third-order valence-electron chi connectivity index (χ3n) is 4.02. The summed E-state index contributed by atoms with van der Waals surface area (Å²) in [6, 6.07) is 16.9. The summed E-state index contributed by atoms with van der Waals surface area (Å²) in [5.74, 6) is 0.931. The number of aliphatic imine (C=N–C) groups is 1. The van der Waals surface area contributed by atoms with E-state index in [-0.39, 0.29) is 11.6 Å². The summed E-state index contributed by atoms with van der Waals surface area (Å²) >= 11 is 0. The number of ether oxygens (including phenoxy) is 2. The van der Waals surface area contributed by atoms with Gasteiger partial charge in [0.15, 0.2) is 0 Å². The van der Waals surface area contributed by atoms with Crippen molar-refractivity contribution in [1.82, 2.24) is 0 Å². The number of benzene rings is 2. The van der Waals surface area contributed by atoms with Crippen LogP contribution in [-0.4, -0.2) is 24.8 Å². The highest BCUT2D eigenvalue weighted by Gasteiger charge is 2.40. The van der Waals surface area contributed by atoms with Crippen LogP contribution in [-0.2, 0) is 11.2 Å². The van der Waals surface area contributed by atoms with Crippen LogP contribution in [0.4, 0.5) is 0 Å². The van der Waals surface area contributed by atoms with Crippen LogP contribution in [0.5, 0.6) is 5.75 Å². The summed E-state index contributed by atoms with van der Waals surface area (Å²) in [5, 5.41) is 0. The molecule has 21 heavy (non-hydrogen) atoms. The molecule has 0 bridgehead atoms. The largest absolute Gasteiger partial charge is 0.491 e. The predicted molar refractivity (Wildman–Crippen MR) is 81.4 cm³/mol. The van der Waals surface area contributed by atoms with E-state index in [0.29, 0.717) is 13.2 Å². The first-order valence-electron chi connectivity index (χ1n) is 7.03. The molecule has 1 spiro atoms. The van der Waals surface area contributed by atoms with Crippen molar-refractivity contribution in [3.63, 3.8) is 0 Å². The molecule has 0 saturated carbocycles. The van der Waals surface area contributed by atoms with Crippen molar-refractivity contribution in [1.29, 1.82) is 0 Å². The molecule has 4 heteroatoms. The molecule has 2 aromatic rings. The van der Waals surface area contributed by atoms with Gasteiger partial charge in [0.25, 0.3) is 6.02 Å². The van der Waals surface area contributed by atoms with Crippen molar-refractivity contribution >= 4 is 6.02 Å². The lowest BCUT2D eigenvalue weighted by Gasteiger charge is -2.30. The van der Waals surface area contributed by atoms with Gasteiger partial charge in [-0.05, 0) is 28.8 Å². The highest BCUT2D eigenvalue weighted by molar-refractivity contribution is 5.74. The zero-order chi connectivity index (χ0) is 14.3. The third kappa shape index (κ3) is 2.13. The number of hydrogen-bond acceptors (Lipinski definition) is 4. The van der Waals surface area contributed by atoms with Crippen LogP contribution in [0.1, 0.15) is 5.56 Å². The van der Waals surface area contributed by atoms with Crippen LogP contribution in [0.25, 0.3) is 11.1 Å². The fourth-order valence-electron chi connectivity index (χ4n) is 2.96. The van der Waals surface area contributed by atoms with E-state index in [4.69, 9.17) is 15.2 Å². The molecule has 2 N–H and O–H groups in total. The van der Waals surface area contributed by atoms with Crippen LogP contribution in [0, 0.1) is 0 Å². The maximum atomic E-state index is 5.86. The molecule has 2 aromatic carbocycles. The van der Waals surface area contributed by atoms with E-state index in [9.17, 15) is 0 Å². The lowest BCUT2D eigenvalue weighted by Crippen LogP contribution is -2.41. The molecule has 1 atom stereocenters. The van der Waals surface area contributed by atoms with Crippen molar-refractivity contribution in [3.05, 3.63) is 54.1 Å². The summed E-state index contributed by atoms with van der Waals surface area (Å²) in [6.45, 7) is 1.01. The zero-order valence-electron chi connectivity index (χ0n) is 11.6. The van der Waals surface area contributed by atoms with Gasteiger partial charge in [-0.25, -0.2) is 4.99 Å². The minimum absolute atomic E-state index is 0.265. The molecule has 2 heterocycles. The summed E-state index contributed by atoms with van der Waals surface area (Å²) in [5.41, 5.74) is 8.84. The Bertz CT molecular complexity index is 712. The predicted octanol–water partition coefficient (Wildman–Crippen LogP) is 2.37. The van der Waals surface area contributed by atoms with Crippen LogP contribution in [0.15, 0.2) is 53.5 Å². The quantitative estimate of drug-likeness (QED) is 0.872. The van der Waals surface area contributed by atoms with Gasteiger partial charge in [0.05, 0.1) is 0 Å². The van der Waals surface area contributed by atoms with E-state index in [1.54, 1.807) is 0 Å². The first kappa shape index (κ1) is 12.3. The maximum absolute atomic E-state index is 5.86. The van der Waals surface area contributed by atoms with Gasteiger partial charge in [0.2, 0.25) is 0 Å². The Morgan fingerprint density at radius 1 is 0.952 bits per heavy atom. The second kappa shape index (κ2) is 4.52. The average molecular weight is 280 g/mol. The lowest BCUT2D eigenvalue weighted by atomic mass is 9.89. The monoisotopic (exact) mass is 280 g/mol. The van der Waals surface area contributed by atoms with Gasteiger partial charge < -0.3 is 15.2 Å². The van der Waals surface area contributed by atoms with Gasteiger partial charge in [-0.2, -0.15) is 0 Å².